The van der Waals surface area contributed by atoms with E-state index in [1.54, 1.807) is 19.1 Å². The predicted molar refractivity (Wildman–Crippen MR) is 147 cm³/mol. The number of aliphatic hydroxyl groups excluding tert-OH is 3. The van der Waals surface area contributed by atoms with Crippen molar-refractivity contribution in [2.24, 2.45) is 34.5 Å². The van der Waals surface area contributed by atoms with Crippen molar-refractivity contribution in [3.63, 3.8) is 0 Å². The zero-order valence-corrected chi connectivity index (χ0v) is 24.3. The lowest BCUT2D eigenvalue weighted by molar-refractivity contribution is -0.215. The fourth-order valence-electron chi connectivity index (χ4n) is 8.58. The lowest BCUT2D eigenvalue weighted by atomic mass is 9.58. The smallest absolute Gasteiger partial charge is 0.344 e. The van der Waals surface area contributed by atoms with E-state index in [9.17, 15) is 29.6 Å². The zero-order valence-electron chi connectivity index (χ0n) is 23.6. The van der Waals surface area contributed by atoms with Gasteiger partial charge >= 0.3 is 5.97 Å². The third-order valence-electron chi connectivity index (χ3n) is 10.7. The molecule has 4 aliphatic carbocycles. The summed E-state index contributed by atoms with van der Waals surface area (Å²) in [6.45, 7) is 8.84. The van der Waals surface area contributed by atoms with Crippen LogP contribution in [0.15, 0.2) is 46.0 Å². The number of halogens is 2. The molecule has 8 nitrogen and oxygen atoms in total. The second kappa shape index (κ2) is 9.22. The molecule has 0 aliphatic heterocycles. The highest BCUT2D eigenvalue weighted by atomic mass is 35.5. The fraction of sp³-hybridized carbons (Fsp3) is 0.548. The van der Waals surface area contributed by atoms with E-state index in [1.165, 1.54) is 25.1 Å². The maximum absolute atomic E-state index is 14.8. The van der Waals surface area contributed by atoms with E-state index < -0.39 is 53.6 Å². The van der Waals surface area contributed by atoms with Gasteiger partial charge in [0.25, 0.3) is 0 Å². The largest absolute Gasteiger partial charge is 0.451 e. The minimum atomic E-state index is -2.21. The monoisotopic (exact) mass is 587 g/mol. The molecule has 2 fully saturated rings. The molecule has 4 aliphatic rings. The molecule has 0 amide bonds. The van der Waals surface area contributed by atoms with E-state index in [1.807, 2.05) is 6.92 Å². The highest BCUT2D eigenvalue weighted by molar-refractivity contribution is 6.33. The number of ether oxygens (including phenoxy) is 1. The van der Waals surface area contributed by atoms with Crippen molar-refractivity contribution in [1.29, 1.82) is 0 Å². The minimum absolute atomic E-state index is 0.0155. The Hall–Kier alpha value is -2.56. The Labute approximate surface area is 242 Å². The van der Waals surface area contributed by atoms with Crippen molar-refractivity contribution < 1.29 is 38.9 Å². The molecule has 1 unspecified atom stereocenters. The number of aryl methyl sites for hydroxylation is 1. The van der Waals surface area contributed by atoms with Crippen LogP contribution in [0.3, 0.4) is 0 Å². The van der Waals surface area contributed by atoms with Gasteiger partial charge in [-0.25, -0.2) is 9.18 Å². The number of aliphatic hydroxyl groups is 4. The molecule has 2 bridgehead atoms. The van der Waals surface area contributed by atoms with Gasteiger partial charge in [-0.15, -0.1) is 0 Å². The summed E-state index contributed by atoms with van der Waals surface area (Å²) in [5, 5.41) is 50.7. The third-order valence-corrected chi connectivity index (χ3v) is 11.0. The average molecular weight is 588 g/mol. The van der Waals surface area contributed by atoms with Gasteiger partial charge < -0.3 is 29.7 Å². The van der Waals surface area contributed by atoms with E-state index in [4.69, 9.17) is 20.9 Å². The molecule has 6 rings (SSSR count). The molecule has 41 heavy (non-hydrogen) atoms. The maximum atomic E-state index is 14.8. The zero-order chi connectivity index (χ0) is 29.8. The number of fused-ring (bicyclic) bond motifs is 3. The average Bonchev–Trinajstić information content (AvgIpc) is 3.17. The first-order valence-corrected chi connectivity index (χ1v) is 14.3. The molecule has 2 saturated carbocycles. The number of hydrogen-bond donors (Lipinski definition) is 4. The van der Waals surface area contributed by atoms with Gasteiger partial charge in [0.2, 0.25) is 0 Å². The van der Waals surface area contributed by atoms with Crippen LogP contribution in [0.1, 0.15) is 50.2 Å². The topological polar surface area (TPSA) is 133 Å². The number of esters is 1. The first kappa shape index (κ1) is 28.6. The standard InChI is InChI=1S/C31H35ClFNO7/c1-13-11-30-14(2)9-18-23(29(18,4)5)17(26(30)37)10-16(12-35)25(36)31(30,39)27(13)40-28(38)21-15(3)41-34-24(21)22-19(32)7-6-8-20(22)33/h6-8,10-11,14,17-18,23,25-27,35-37,39H,9,12H2,1-5H3/t14-,17+,18-,23+,25-,26?,27+,30+,31+/m1/s1. The van der Waals surface area contributed by atoms with Gasteiger partial charge in [-0.1, -0.05) is 55.7 Å². The second-order valence-corrected chi connectivity index (χ2v) is 13.3. The molecular formula is C31H35ClFNO7. The van der Waals surface area contributed by atoms with Crippen LogP contribution in [0.4, 0.5) is 4.39 Å². The summed E-state index contributed by atoms with van der Waals surface area (Å²) in [4.78, 5) is 13.8. The van der Waals surface area contributed by atoms with Gasteiger partial charge in [-0.3, -0.25) is 0 Å². The molecule has 1 aromatic heterocycles. The number of carbonyl (C=O) groups excluding carboxylic acids is 1. The molecular weight excluding hydrogens is 553 g/mol. The molecule has 0 radical (unpaired) electrons. The van der Waals surface area contributed by atoms with Gasteiger partial charge in [-0.05, 0) is 66.7 Å². The van der Waals surface area contributed by atoms with Gasteiger partial charge in [0, 0.05) is 5.92 Å². The van der Waals surface area contributed by atoms with Crippen LogP contribution in [0.2, 0.25) is 5.02 Å². The summed E-state index contributed by atoms with van der Waals surface area (Å²) in [5.74, 6) is -2.01. The van der Waals surface area contributed by atoms with Crippen molar-refractivity contribution >= 4 is 17.6 Å². The molecule has 10 heteroatoms. The Balaban J connectivity index is 1.45. The van der Waals surface area contributed by atoms with E-state index >= 15 is 0 Å². The molecule has 2 aromatic rings. The summed E-state index contributed by atoms with van der Waals surface area (Å²) in [7, 11) is 0. The highest BCUT2D eigenvalue weighted by Crippen LogP contribution is 2.72. The van der Waals surface area contributed by atoms with Crippen LogP contribution in [-0.2, 0) is 4.74 Å². The molecule has 1 aromatic carbocycles. The Morgan fingerprint density at radius 1 is 1.27 bits per heavy atom. The van der Waals surface area contributed by atoms with Crippen LogP contribution in [0.5, 0.6) is 0 Å². The van der Waals surface area contributed by atoms with Crippen molar-refractivity contribution in [1.82, 2.24) is 5.16 Å². The molecule has 1 heterocycles. The highest BCUT2D eigenvalue weighted by Gasteiger charge is 2.76. The van der Waals surface area contributed by atoms with Crippen LogP contribution < -0.4 is 0 Å². The number of aromatic nitrogens is 1. The van der Waals surface area contributed by atoms with Crippen LogP contribution in [-0.4, -0.2) is 62.1 Å². The summed E-state index contributed by atoms with van der Waals surface area (Å²) in [5.41, 5.74) is -3.50. The Bertz CT molecular complexity index is 1480. The lowest BCUT2D eigenvalue weighted by Crippen LogP contribution is -2.66. The molecule has 4 N–H and O–H groups in total. The van der Waals surface area contributed by atoms with Gasteiger partial charge in [-0.2, -0.15) is 0 Å². The molecule has 1 spiro atoms. The van der Waals surface area contributed by atoms with Crippen molar-refractivity contribution in [3.05, 3.63) is 63.7 Å². The maximum Gasteiger partial charge on any atom is 0.344 e. The molecule has 9 atom stereocenters. The van der Waals surface area contributed by atoms with Gasteiger partial charge in [0.05, 0.1) is 28.7 Å². The van der Waals surface area contributed by atoms with E-state index in [2.05, 4.69) is 19.0 Å². The lowest BCUT2D eigenvalue weighted by Gasteiger charge is -2.52. The SMILES string of the molecule is CC1=C[C@]23C(O)[C@@H](C=C(CO)[C@@H](O)[C@]2(O)[C@H]1OC(=O)c1c(-c2c(F)cccc2Cl)noc1C)[C@H]1[C@@H](C[C@H]3C)C1(C)C. The van der Waals surface area contributed by atoms with Crippen LogP contribution in [0.25, 0.3) is 11.3 Å². The normalized spacial score (nSPS) is 38.7. The summed E-state index contributed by atoms with van der Waals surface area (Å²) < 4.78 is 26.0. The quantitative estimate of drug-likeness (QED) is 0.309. The number of nitrogens with zero attached hydrogens (tertiary/aromatic N) is 1. The van der Waals surface area contributed by atoms with Crippen molar-refractivity contribution in [3.8, 4) is 11.3 Å². The Morgan fingerprint density at radius 2 is 1.98 bits per heavy atom. The Morgan fingerprint density at radius 3 is 2.63 bits per heavy atom. The van der Waals surface area contributed by atoms with Gasteiger partial charge in [0.15, 0.2) is 6.10 Å². The van der Waals surface area contributed by atoms with E-state index in [0.29, 0.717) is 12.0 Å². The Kier molecular flexibility index (Phi) is 6.42. The van der Waals surface area contributed by atoms with Crippen molar-refractivity contribution in [2.75, 3.05) is 6.61 Å². The predicted octanol–water partition coefficient (Wildman–Crippen LogP) is 4.23. The molecule has 0 saturated heterocycles. The first-order chi connectivity index (χ1) is 19.2. The second-order valence-electron chi connectivity index (χ2n) is 12.9. The fourth-order valence-corrected chi connectivity index (χ4v) is 8.83. The number of carbonyl (C=O) groups is 1. The van der Waals surface area contributed by atoms with Crippen LogP contribution >= 0.6 is 11.6 Å². The van der Waals surface area contributed by atoms with Gasteiger partial charge in [0.1, 0.15) is 34.5 Å². The van der Waals surface area contributed by atoms with Crippen molar-refractivity contribution in [2.45, 2.75) is 65.0 Å². The van der Waals surface area contributed by atoms with E-state index in [0.717, 1.165) is 0 Å². The summed E-state index contributed by atoms with van der Waals surface area (Å²) >= 11 is 6.25. The number of rotatable bonds is 4. The third kappa shape index (κ3) is 3.59. The number of benzene rings is 1. The number of hydrogen-bond acceptors (Lipinski definition) is 8. The summed E-state index contributed by atoms with van der Waals surface area (Å²) in [6.07, 6.45) is -0.0325. The van der Waals surface area contributed by atoms with E-state index in [-0.39, 0.29) is 56.3 Å². The minimum Gasteiger partial charge on any atom is -0.451 e. The first-order valence-electron chi connectivity index (χ1n) is 13.9. The van der Waals surface area contributed by atoms with Crippen LogP contribution in [0, 0.1) is 47.2 Å². The molecule has 220 valence electrons. The summed E-state index contributed by atoms with van der Waals surface area (Å²) in [6, 6.07) is 4.06.